The van der Waals surface area contributed by atoms with Gasteiger partial charge in [-0.05, 0) is 59.7 Å². The zero-order valence-electron chi connectivity index (χ0n) is 27.3. The van der Waals surface area contributed by atoms with Crippen molar-refractivity contribution >= 4 is 23.2 Å². The summed E-state index contributed by atoms with van der Waals surface area (Å²) in [6.45, 7) is 0. The molecule has 0 fully saturated rings. The molecule has 2 heterocycles. The van der Waals surface area contributed by atoms with E-state index < -0.39 is 11.8 Å². The summed E-state index contributed by atoms with van der Waals surface area (Å²) in [7, 11) is 3.14. The predicted molar refractivity (Wildman–Crippen MR) is 192 cm³/mol. The molecule has 2 aliphatic rings. The summed E-state index contributed by atoms with van der Waals surface area (Å²) >= 11 is 0. The molecule has 0 saturated heterocycles. The standard InChI is InChI=1S/C42H32N2O6/c1-47-37-23-25(19-21-31(37)43-41(45)39-27-11-3-7-15-33(27)49-34-16-8-4-12-28(34)39)26-20-22-32(38(24-26)48-2)44-42(46)40-29-13-5-9-17-35(29)50-36-18-10-6-14-30(36)40/h3-24,39-40H,1-2H3,(H,43,45)(H,44,46). The molecule has 0 aliphatic carbocycles. The number of fused-ring (bicyclic) bond motifs is 4. The number of hydrogen-bond acceptors (Lipinski definition) is 6. The molecule has 0 radical (unpaired) electrons. The third kappa shape index (κ3) is 5.46. The number of amides is 2. The maximum atomic E-state index is 13.9. The zero-order valence-corrected chi connectivity index (χ0v) is 27.3. The van der Waals surface area contributed by atoms with Crippen molar-refractivity contribution in [1.29, 1.82) is 0 Å². The van der Waals surface area contributed by atoms with E-state index in [1.165, 1.54) is 0 Å². The molecule has 6 aromatic carbocycles. The second-order valence-corrected chi connectivity index (χ2v) is 12.0. The summed E-state index contributed by atoms with van der Waals surface area (Å²) in [6.07, 6.45) is 0. The van der Waals surface area contributed by atoms with Gasteiger partial charge in [0, 0.05) is 22.3 Å². The quantitative estimate of drug-likeness (QED) is 0.177. The smallest absolute Gasteiger partial charge is 0.236 e. The molecule has 2 aliphatic heterocycles. The van der Waals surface area contributed by atoms with Gasteiger partial charge in [-0.15, -0.1) is 0 Å². The lowest BCUT2D eigenvalue weighted by Gasteiger charge is -2.27. The molecule has 6 aromatic rings. The number of benzene rings is 6. The Morgan fingerprint density at radius 1 is 0.480 bits per heavy atom. The molecular formula is C42H32N2O6. The first-order valence-electron chi connectivity index (χ1n) is 16.2. The number of nitrogens with one attached hydrogen (secondary N) is 2. The molecule has 50 heavy (non-hydrogen) atoms. The Labute approximate surface area is 289 Å². The van der Waals surface area contributed by atoms with Crippen molar-refractivity contribution in [3.8, 4) is 45.6 Å². The number of carbonyl (C=O) groups excluding carboxylic acids is 2. The molecular weight excluding hydrogens is 628 g/mol. The first-order chi connectivity index (χ1) is 24.5. The zero-order chi connectivity index (χ0) is 34.2. The van der Waals surface area contributed by atoms with E-state index in [1.54, 1.807) is 14.2 Å². The molecule has 0 saturated carbocycles. The molecule has 0 spiro atoms. The minimum atomic E-state index is -0.560. The average Bonchev–Trinajstić information content (AvgIpc) is 3.16. The summed E-state index contributed by atoms with van der Waals surface area (Å²) in [5.41, 5.74) is 5.93. The molecule has 2 amide bonds. The number of anilines is 2. The van der Waals surface area contributed by atoms with E-state index in [0.717, 1.165) is 33.4 Å². The van der Waals surface area contributed by atoms with Crippen molar-refractivity contribution in [2.45, 2.75) is 11.8 Å². The molecule has 0 aromatic heterocycles. The molecule has 0 atom stereocenters. The van der Waals surface area contributed by atoms with Crippen LogP contribution in [0.25, 0.3) is 11.1 Å². The Bertz CT molecular complexity index is 2030. The van der Waals surface area contributed by atoms with Crippen LogP contribution < -0.4 is 29.6 Å². The van der Waals surface area contributed by atoms with Crippen LogP contribution >= 0.6 is 0 Å². The Balaban J connectivity index is 1.05. The van der Waals surface area contributed by atoms with Crippen molar-refractivity contribution in [1.82, 2.24) is 0 Å². The van der Waals surface area contributed by atoms with Gasteiger partial charge < -0.3 is 29.6 Å². The highest BCUT2D eigenvalue weighted by atomic mass is 16.5. The average molecular weight is 661 g/mol. The summed E-state index contributed by atoms with van der Waals surface area (Å²) in [6, 6.07) is 41.5. The van der Waals surface area contributed by atoms with Gasteiger partial charge in [0.2, 0.25) is 11.8 Å². The van der Waals surface area contributed by atoms with Crippen molar-refractivity contribution in [3.05, 3.63) is 156 Å². The van der Waals surface area contributed by atoms with Crippen molar-refractivity contribution in [3.63, 3.8) is 0 Å². The summed E-state index contributed by atoms with van der Waals surface area (Å²) in [4.78, 5) is 27.8. The molecule has 8 heteroatoms. The van der Waals surface area contributed by atoms with Crippen LogP contribution in [0.1, 0.15) is 34.1 Å². The lowest BCUT2D eigenvalue weighted by Crippen LogP contribution is -2.25. The van der Waals surface area contributed by atoms with Gasteiger partial charge in [0.15, 0.2) is 0 Å². The fraction of sp³-hybridized carbons (Fsp3) is 0.0952. The van der Waals surface area contributed by atoms with Crippen LogP contribution in [0, 0.1) is 0 Å². The van der Waals surface area contributed by atoms with Crippen molar-refractivity contribution in [2.75, 3.05) is 24.9 Å². The fourth-order valence-corrected chi connectivity index (χ4v) is 6.74. The highest BCUT2D eigenvalue weighted by molar-refractivity contribution is 6.02. The molecule has 8 nitrogen and oxygen atoms in total. The normalized spacial score (nSPS) is 12.9. The number of para-hydroxylation sites is 4. The highest BCUT2D eigenvalue weighted by Gasteiger charge is 2.34. The van der Waals surface area contributed by atoms with Crippen LogP contribution in [-0.4, -0.2) is 26.0 Å². The molecule has 8 rings (SSSR count). The van der Waals surface area contributed by atoms with E-state index in [-0.39, 0.29) is 11.8 Å². The van der Waals surface area contributed by atoms with Gasteiger partial charge in [0.05, 0.1) is 37.4 Å². The van der Waals surface area contributed by atoms with Crippen LogP contribution in [0.15, 0.2) is 133 Å². The first-order valence-corrected chi connectivity index (χ1v) is 16.2. The van der Waals surface area contributed by atoms with Gasteiger partial charge in [-0.1, -0.05) is 84.9 Å². The third-order valence-electron chi connectivity index (χ3n) is 9.14. The van der Waals surface area contributed by atoms with Gasteiger partial charge in [0.25, 0.3) is 0 Å². The SMILES string of the molecule is COc1cc(-c2ccc(NC(=O)C3c4ccccc4Oc4ccccc43)c(OC)c2)ccc1NC(=O)C1c2ccccc2Oc2ccccc21. The second-order valence-electron chi connectivity index (χ2n) is 12.0. The van der Waals surface area contributed by atoms with Gasteiger partial charge >= 0.3 is 0 Å². The summed E-state index contributed by atoms with van der Waals surface area (Å²) in [5, 5.41) is 6.18. The number of rotatable bonds is 7. The van der Waals surface area contributed by atoms with E-state index in [1.807, 2.05) is 133 Å². The largest absolute Gasteiger partial charge is 0.495 e. The van der Waals surface area contributed by atoms with Crippen molar-refractivity contribution < 1.29 is 28.5 Å². The lowest BCUT2D eigenvalue weighted by atomic mass is 9.87. The second kappa shape index (κ2) is 12.8. The number of hydrogen-bond donors (Lipinski definition) is 2. The van der Waals surface area contributed by atoms with E-state index in [9.17, 15) is 9.59 Å². The van der Waals surface area contributed by atoms with Crippen LogP contribution in [-0.2, 0) is 9.59 Å². The maximum absolute atomic E-state index is 13.9. The molecule has 2 N–H and O–H groups in total. The van der Waals surface area contributed by atoms with Gasteiger partial charge in [-0.25, -0.2) is 0 Å². The topological polar surface area (TPSA) is 95.1 Å². The first kappa shape index (κ1) is 30.8. The van der Waals surface area contributed by atoms with Gasteiger partial charge in [-0.2, -0.15) is 0 Å². The van der Waals surface area contributed by atoms with Crippen LogP contribution in [0.5, 0.6) is 34.5 Å². The third-order valence-corrected chi connectivity index (χ3v) is 9.14. The molecule has 0 bridgehead atoms. The van der Waals surface area contributed by atoms with Crippen LogP contribution in [0.4, 0.5) is 11.4 Å². The number of carbonyl (C=O) groups is 2. The Morgan fingerprint density at radius 2 is 0.800 bits per heavy atom. The Hall–Kier alpha value is -6.54. The van der Waals surface area contributed by atoms with E-state index in [0.29, 0.717) is 45.9 Å². The fourth-order valence-electron chi connectivity index (χ4n) is 6.74. The maximum Gasteiger partial charge on any atom is 0.236 e. The van der Waals surface area contributed by atoms with Gasteiger partial charge in [0.1, 0.15) is 34.5 Å². The van der Waals surface area contributed by atoms with Crippen LogP contribution in [0.2, 0.25) is 0 Å². The van der Waals surface area contributed by atoms with Crippen molar-refractivity contribution in [2.24, 2.45) is 0 Å². The molecule has 246 valence electrons. The number of ether oxygens (including phenoxy) is 4. The monoisotopic (exact) mass is 660 g/mol. The summed E-state index contributed by atoms with van der Waals surface area (Å²) < 4.78 is 23.7. The minimum absolute atomic E-state index is 0.198. The van der Waals surface area contributed by atoms with E-state index in [4.69, 9.17) is 18.9 Å². The van der Waals surface area contributed by atoms with E-state index >= 15 is 0 Å². The van der Waals surface area contributed by atoms with E-state index in [2.05, 4.69) is 10.6 Å². The molecule has 0 unspecified atom stereocenters. The Kier molecular flexibility index (Phi) is 7.89. The Morgan fingerprint density at radius 3 is 1.12 bits per heavy atom. The summed E-state index contributed by atoms with van der Waals surface area (Å²) in [5.74, 6) is 2.11. The van der Waals surface area contributed by atoms with Gasteiger partial charge in [-0.3, -0.25) is 9.59 Å². The predicted octanol–water partition coefficient (Wildman–Crippen LogP) is 9.12. The minimum Gasteiger partial charge on any atom is -0.495 e. The van der Waals surface area contributed by atoms with Crippen LogP contribution in [0.3, 0.4) is 0 Å². The number of methoxy groups -OCH3 is 2. The lowest BCUT2D eigenvalue weighted by molar-refractivity contribution is -0.117. The highest BCUT2D eigenvalue weighted by Crippen LogP contribution is 2.46.